The minimum absolute atomic E-state index is 0.393. The molecule has 4 heteroatoms. The molecular weight excluding hydrogens is 280 g/mol. The molecule has 17 heavy (non-hydrogen) atoms. The Kier molecular flexibility index (Phi) is 2.79. The molecule has 2 aliphatic rings. The van der Waals surface area contributed by atoms with E-state index in [1.807, 2.05) is 13.0 Å². The van der Waals surface area contributed by atoms with Gasteiger partial charge in [-0.3, -0.25) is 0 Å². The number of benzene rings is 1. The Labute approximate surface area is 110 Å². The summed E-state index contributed by atoms with van der Waals surface area (Å²) in [6.45, 7) is 2.03. The lowest BCUT2D eigenvalue weighted by atomic mass is 9.95. The molecule has 0 saturated carbocycles. The average molecular weight is 297 g/mol. The summed E-state index contributed by atoms with van der Waals surface area (Å²) < 4.78 is 6.88. The van der Waals surface area contributed by atoms with Crippen LogP contribution in [-0.4, -0.2) is 18.2 Å². The summed E-state index contributed by atoms with van der Waals surface area (Å²) in [7, 11) is 0. The van der Waals surface area contributed by atoms with E-state index in [-0.39, 0.29) is 0 Å². The number of nitrogens with two attached hydrogens (primary N) is 1. The molecule has 2 saturated heterocycles. The van der Waals surface area contributed by atoms with E-state index < -0.39 is 0 Å². The topological polar surface area (TPSA) is 47.3 Å². The van der Waals surface area contributed by atoms with Crippen LogP contribution in [-0.2, 0) is 4.74 Å². The maximum Gasteiger partial charge on any atom is 0.0781 e. The van der Waals surface area contributed by atoms with Gasteiger partial charge in [0.1, 0.15) is 0 Å². The Morgan fingerprint density at radius 3 is 2.88 bits per heavy atom. The predicted molar refractivity (Wildman–Crippen MR) is 73.2 cm³/mol. The van der Waals surface area contributed by atoms with Crippen molar-refractivity contribution in [2.24, 2.45) is 0 Å². The van der Waals surface area contributed by atoms with E-state index in [1.165, 1.54) is 12.8 Å². The first-order valence-electron chi connectivity index (χ1n) is 6.11. The highest BCUT2D eigenvalue weighted by Crippen LogP contribution is 2.37. The highest BCUT2D eigenvalue weighted by molar-refractivity contribution is 9.10. The lowest BCUT2D eigenvalue weighted by Crippen LogP contribution is -2.30. The van der Waals surface area contributed by atoms with Crippen LogP contribution in [0, 0.1) is 6.92 Å². The zero-order valence-corrected chi connectivity index (χ0v) is 11.5. The van der Waals surface area contributed by atoms with Crippen molar-refractivity contribution in [1.82, 2.24) is 0 Å². The highest BCUT2D eigenvalue weighted by Gasteiger charge is 2.40. The SMILES string of the molecule is Cc1cc(NC2CC3CCC2O3)c(Br)cc1N. The highest BCUT2D eigenvalue weighted by atomic mass is 79.9. The largest absolute Gasteiger partial charge is 0.398 e. The van der Waals surface area contributed by atoms with Crippen LogP contribution >= 0.6 is 15.9 Å². The molecule has 3 nitrogen and oxygen atoms in total. The van der Waals surface area contributed by atoms with Gasteiger partial charge in [-0.1, -0.05) is 0 Å². The number of aryl methyl sites for hydroxylation is 1. The van der Waals surface area contributed by atoms with Crippen molar-refractivity contribution in [3.8, 4) is 0 Å². The zero-order chi connectivity index (χ0) is 12.0. The van der Waals surface area contributed by atoms with Crippen LogP contribution in [0.5, 0.6) is 0 Å². The lowest BCUT2D eigenvalue weighted by molar-refractivity contribution is 0.102. The molecule has 1 aromatic rings. The van der Waals surface area contributed by atoms with E-state index in [2.05, 4.69) is 27.3 Å². The molecular formula is C13H17BrN2O. The molecule has 3 N–H and O–H groups in total. The molecule has 1 aromatic carbocycles. The maximum absolute atomic E-state index is 5.88. The van der Waals surface area contributed by atoms with Gasteiger partial charge in [-0.25, -0.2) is 0 Å². The minimum Gasteiger partial charge on any atom is -0.398 e. The van der Waals surface area contributed by atoms with E-state index in [1.54, 1.807) is 0 Å². The van der Waals surface area contributed by atoms with Crippen molar-refractivity contribution in [3.63, 3.8) is 0 Å². The van der Waals surface area contributed by atoms with Gasteiger partial charge in [0.15, 0.2) is 0 Å². The molecule has 3 atom stereocenters. The van der Waals surface area contributed by atoms with Gasteiger partial charge in [0, 0.05) is 15.8 Å². The van der Waals surface area contributed by atoms with Crippen LogP contribution in [0.2, 0.25) is 0 Å². The van der Waals surface area contributed by atoms with E-state index in [4.69, 9.17) is 10.5 Å². The summed E-state index contributed by atoms with van der Waals surface area (Å²) in [5.74, 6) is 0. The number of anilines is 2. The predicted octanol–water partition coefficient (Wildman–Crippen LogP) is 3.07. The average Bonchev–Trinajstić information content (AvgIpc) is 2.87. The third kappa shape index (κ3) is 2.04. The number of hydrogen-bond acceptors (Lipinski definition) is 3. The van der Waals surface area contributed by atoms with Crippen molar-refractivity contribution in [3.05, 3.63) is 22.2 Å². The molecule has 0 spiro atoms. The van der Waals surface area contributed by atoms with Gasteiger partial charge < -0.3 is 15.8 Å². The first kappa shape index (κ1) is 11.4. The minimum atomic E-state index is 0.393. The standard InChI is InChI=1S/C13H17BrN2O/c1-7-4-11(9(14)6-10(7)15)16-12-5-8-2-3-13(12)17-8/h4,6,8,12-13,16H,2-3,5,15H2,1H3. The summed E-state index contributed by atoms with van der Waals surface area (Å²) >= 11 is 3.56. The second-order valence-electron chi connectivity index (χ2n) is 5.05. The van der Waals surface area contributed by atoms with Gasteiger partial charge in [0.2, 0.25) is 0 Å². The monoisotopic (exact) mass is 296 g/mol. The van der Waals surface area contributed by atoms with Crippen molar-refractivity contribution >= 4 is 27.3 Å². The smallest absolute Gasteiger partial charge is 0.0781 e. The van der Waals surface area contributed by atoms with E-state index in [0.717, 1.165) is 27.8 Å². The second kappa shape index (κ2) is 4.18. The molecule has 0 amide bonds. The molecule has 2 fully saturated rings. The van der Waals surface area contributed by atoms with E-state index >= 15 is 0 Å². The summed E-state index contributed by atoms with van der Waals surface area (Å²) in [5, 5.41) is 3.58. The second-order valence-corrected chi connectivity index (χ2v) is 5.90. The molecule has 92 valence electrons. The molecule has 0 aromatic heterocycles. The van der Waals surface area contributed by atoms with Crippen molar-refractivity contribution < 1.29 is 4.74 Å². The number of rotatable bonds is 2. The van der Waals surface area contributed by atoms with Crippen LogP contribution in [0.15, 0.2) is 16.6 Å². The maximum atomic E-state index is 5.88. The third-order valence-electron chi connectivity index (χ3n) is 3.80. The number of ether oxygens (including phenoxy) is 1. The molecule has 0 radical (unpaired) electrons. The Hall–Kier alpha value is -0.740. The zero-order valence-electron chi connectivity index (χ0n) is 9.87. The van der Waals surface area contributed by atoms with E-state index in [9.17, 15) is 0 Å². The van der Waals surface area contributed by atoms with Crippen molar-refractivity contribution in [1.29, 1.82) is 0 Å². The van der Waals surface area contributed by atoms with Gasteiger partial charge >= 0.3 is 0 Å². The third-order valence-corrected chi connectivity index (χ3v) is 4.46. The lowest BCUT2D eigenvalue weighted by Gasteiger charge is -2.22. The van der Waals surface area contributed by atoms with Gasteiger partial charge in [-0.15, -0.1) is 0 Å². The first-order valence-corrected chi connectivity index (χ1v) is 6.90. The summed E-state index contributed by atoms with van der Waals surface area (Å²) in [4.78, 5) is 0. The number of halogens is 1. The number of nitrogen functional groups attached to an aromatic ring is 1. The molecule has 2 aliphatic heterocycles. The van der Waals surface area contributed by atoms with Gasteiger partial charge in [-0.05, 0) is 59.8 Å². The molecule has 2 heterocycles. The summed E-state index contributed by atoms with van der Waals surface area (Å²) in [5.41, 5.74) is 8.94. The van der Waals surface area contributed by atoms with Crippen LogP contribution in [0.3, 0.4) is 0 Å². The van der Waals surface area contributed by atoms with Crippen LogP contribution in [0.4, 0.5) is 11.4 Å². The molecule has 2 bridgehead atoms. The van der Waals surface area contributed by atoms with Gasteiger partial charge in [0.25, 0.3) is 0 Å². The number of hydrogen-bond donors (Lipinski definition) is 2. The van der Waals surface area contributed by atoms with Gasteiger partial charge in [0.05, 0.1) is 18.2 Å². The Balaban J connectivity index is 1.79. The first-order chi connectivity index (χ1) is 8.13. The van der Waals surface area contributed by atoms with Crippen LogP contribution < -0.4 is 11.1 Å². The van der Waals surface area contributed by atoms with Crippen LogP contribution in [0.1, 0.15) is 24.8 Å². The fourth-order valence-electron chi connectivity index (χ4n) is 2.80. The summed E-state index contributed by atoms with van der Waals surface area (Å²) in [6.07, 6.45) is 4.41. The van der Waals surface area contributed by atoms with Crippen LogP contribution in [0.25, 0.3) is 0 Å². The van der Waals surface area contributed by atoms with Crippen molar-refractivity contribution in [2.75, 3.05) is 11.1 Å². The molecule has 3 rings (SSSR count). The van der Waals surface area contributed by atoms with Crippen molar-refractivity contribution in [2.45, 2.75) is 44.4 Å². The molecule has 3 unspecified atom stereocenters. The fourth-order valence-corrected chi connectivity index (χ4v) is 3.27. The number of fused-ring (bicyclic) bond motifs is 2. The number of nitrogens with one attached hydrogen (secondary N) is 1. The quantitative estimate of drug-likeness (QED) is 0.825. The fraction of sp³-hybridized carbons (Fsp3) is 0.538. The Bertz CT molecular complexity index is 449. The van der Waals surface area contributed by atoms with E-state index in [0.29, 0.717) is 18.2 Å². The Morgan fingerprint density at radius 2 is 2.24 bits per heavy atom. The molecule has 0 aliphatic carbocycles. The summed E-state index contributed by atoms with van der Waals surface area (Å²) in [6, 6.07) is 4.52. The normalized spacial score (nSPS) is 30.8. The van der Waals surface area contributed by atoms with Gasteiger partial charge in [-0.2, -0.15) is 0 Å². The Morgan fingerprint density at radius 1 is 1.41 bits per heavy atom.